The van der Waals surface area contributed by atoms with Gasteiger partial charge in [-0.1, -0.05) is 18.9 Å². The highest BCUT2D eigenvalue weighted by Crippen LogP contribution is 2.30. The number of amides is 2. The highest BCUT2D eigenvalue weighted by Gasteiger charge is 2.30. The van der Waals surface area contributed by atoms with Gasteiger partial charge >= 0.3 is 18.0 Å². The minimum atomic E-state index is -4.52. The number of anilines is 1. The SMILES string of the molecule is O=C(NN=C1CCCCCC1)C(=O)Nc1cccc(C(F)(F)F)c1. The molecule has 0 heterocycles. The number of hydrogen-bond donors (Lipinski definition) is 2. The Labute approximate surface area is 137 Å². The zero-order valence-corrected chi connectivity index (χ0v) is 12.9. The molecule has 0 radical (unpaired) electrons. The number of carbonyl (C=O) groups is 2. The summed E-state index contributed by atoms with van der Waals surface area (Å²) in [5.74, 6) is -2.07. The lowest BCUT2D eigenvalue weighted by Crippen LogP contribution is -2.33. The minimum Gasteiger partial charge on any atom is -0.318 e. The fourth-order valence-electron chi connectivity index (χ4n) is 2.39. The van der Waals surface area contributed by atoms with E-state index in [9.17, 15) is 22.8 Å². The van der Waals surface area contributed by atoms with Gasteiger partial charge in [0.15, 0.2) is 0 Å². The third-order valence-electron chi connectivity index (χ3n) is 3.65. The smallest absolute Gasteiger partial charge is 0.318 e. The molecule has 1 fully saturated rings. The largest absolute Gasteiger partial charge is 0.416 e. The average Bonchev–Trinajstić information content (AvgIpc) is 2.80. The Kier molecular flexibility index (Phi) is 5.94. The van der Waals surface area contributed by atoms with E-state index in [2.05, 4.69) is 15.8 Å². The number of halogens is 3. The first kappa shape index (κ1) is 18.0. The van der Waals surface area contributed by atoms with Crippen LogP contribution in [-0.4, -0.2) is 17.5 Å². The Morgan fingerprint density at radius 3 is 2.29 bits per heavy atom. The van der Waals surface area contributed by atoms with Crippen LogP contribution in [0.15, 0.2) is 29.4 Å². The number of nitrogens with one attached hydrogen (secondary N) is 2. The second kappa shape index (κ2) is 7.94. The molecular formula is C16H18F3N3O2. The quantitative estimate of drug-likeness (QED) is 0.491. The van der Waals surface area contributed by atoms with Crippen LogP contribution >= 0.6 is 0 Å². The van der Waals surface area contributed by atoms with Gasteiger partial charge in [0.2, 0.25) is 0 Å². The van der Waals surface area contributed by atoms with Crippen molar-refractivity contribution in [2.45, 2.75) is 44.7 Å². The number of rotatable bonds is 2. The molecule has 1 aromatic carbocycles. The van der Waals surface area contributed by atoms with E-state index in [1.807, 2.05) is 0 Å². The summed E-state index contributed by atoms with van der Waals surface area (Å²) in [6.45, 7) is 0. The first-order valence-electron chi connectivity index (χ1n) is 7.70. The topological polar surface area (TPSA) is 70.6 Å². The zero-order valence-electron chi connectivity index (χ0n) is 12.9. The van der Waals surface area contributed by atoms with Gasteiger partial charge in [0.1, 0.15) is 0 Å². The monoisotopic (exact) mass is 341 g/mol. The van der Waals surface area contributed by atoms with Gasteiger partial charge in [-0.05, 0) is 43.9 Å². The molecule has 5 nitrogen and oxygen atoms in total. The molecule has 2 N–H and O–H groups in total. The Morgan fingerprint density at radius 1 is 1.00 bits per heavy atom. The highest BCUT2D eigenvalue weighted by atomic mass is 19.4. The molecule has 0 saturated heterocycles. The molecule has 1 saturated carbocycles. The predicted octanol–water partition coefficient (Wildman–Crippen LogP) is 3.47. The van der Waals surface area contributed by atoms with Gasteiger partial charge in [-0.3, -0.25) is 9.59 Å². The maximum Gasteiger partial charge on any atom is 0.416 e. The molecule has 130 valence electrons. The van der Waals surface area contributed by atoms with E-state index < -0.39 is 23.6 Å². The first-order chi connectivity index (χ1) is 11.4. The third-order valence-corrected chi connectivity index (χ3v) is 3.65. The molecule has 24 heavy (non-hydrogen) atoms. The van der Waals surface area contributed by atoms with Gasteiger partial charge in [-0.2, -0.15) is 18.3 Å². The van der Waals surface area contributed by atoms with E-state index in [1.54, 1.807) is 0 Å². The average molecular weight is 341 g/mol. The standard InChI is InChI=1S/C16H18F3N3O2/c17-16(18,19)11-6-5-9-13(10-11)20-14(23)15(24)22-21-12-7-3-1-2-4-8-12/h5-6,9-10H,1-4,7-8H2,(H,20,23)(H,22,24). The lowest BCUT2D eigenvalue weighted by Gasteiger charge is -2.09. The molecule has 0 aliphatic heterocycles. The van der Waals surface area contributed by atoms with Gasteiger partial charge < -0.3 is 5.32 Å². The molecule has 8 heteroatoms. The Morgan fingerprint density at radius 2 is 1.67 bits per heavy atom. The van der Waals surface area contributed by atoms with E-state index in [4.69, 9.17) is 0 Å². The van der Waals surface area contributed by atoms with Crippen molar-refractivity contribution in [3.05, 3.63) is 29.8 Å². The van der Waals surface area contributed by atoms with Gasteiger partial charge in [-0.15, -0.1) is 0 Å². The van der Waals surface area contributed by atoms with Crippen molar-refractivity contribution in [1.82, 2.24) is 5.43 Å². The number of carbonyl (C=O) groups excluding carboxylic acids is 2. The van der Waals surface area contributed by atoms with Crippen molar-refractivity contribution >= 4 is 23.2 Å². The van der Waals surface area contributed by atoms with Crippen molar-refractivity contribution in [3.8, 4) is 0 Å². The van der Waals surface area contributed by atoms with Gasteiger partial charge in [-0.25, -0.2) is 5.43 Å². The molecule has 2 amide bonds. The van der Waals surface area contributed by atoms with Gasteiger partial charge in [0.05, 0.1) is 5.56 Å². The molecule has 0 atom stereocenters. The zero-order chi connectivity index (χ0) is 17.6. The Bertz CT molecular complexity index is 632. The summed E-state index contributed by atoms with van der Waals surface area (Å²) in [5.41, 5.74) is 1.98. The van der Waals surface area contributed by atoms with Crippen molar-refractivity contribution in [3.63, 3.8) is 0 Å². The Balaban J connectivity index is 1.94. The van der Waals surface area contributed by atoms with E-state index in [-0.39, 0.29) is 5.69 Å². The summed E-state index contributed by atoms with van der Waals surface area (Å²) >= 11 is 0. The van der Waals surface area contributed by atoms with Crippen LogP contribution in [0.2, 0.25) is 0 Å². The van der Waals surface area contributed by atoms with Crippen LogP contribution in [0.4, 0.5) is 18.9 Å². The van der Waals surface area contributed by atoms with Crippen molar-refractivity contribution in [2.24, 2.45) is 5.10 Å². The maximum atomic E-state index is 12.6. The Hall–Kier alpha value is -2.38. The van der Waals surface area contributed by atoms with Crippen LogP contribution in [0.5, 0.6) is 0 Å². The van der Waals surface area contributed by atoms with Crippen LogP contribution in [0.3, 0.4) is 0 Å². The summed E-state index contributed by atoms with van der Waals surface area (Å²) in [6.07, 6.45) is 1.24. The van der Waals surface area contributed by atoms with Crippen LogP contribution in [0.25, 0.3) is 0 Å². The van der Waals surface area contributed by atoms with E-state index in [0.717, 1.165) is 62.4 Å². The van der Waals surface area contributed by atoms with E-state index >= 15 is 0 Å². The number of hydrazone groups is 1. The fraction of sp³-hybridized carbons (Fsp3) is 0.438. The molecule has 0 spiro atoms. The molecule has 0 aromatic heterocycles. The summed E-state index contributed by atoms with van der Waals surface area (Å²) in [7, 11) is 0. The van der Waals surface area contributed by atoms with Crippen LogP contribution in [-0.2, 0) is 15.8 Å². The second-order valence-corrected chi connectivity index (χ2v) is 5.57. The molecule has 1 aromatic rings. The van der Waals surface area contributed by atoms with Crippen LogP contribution in [0.1, 0.15) is 44.1 Å². The van der Waals surface area contributed by atoms with Crippen molar-refractivity contribution < 1.29 is 22.8 Å². The molecule has 1 aliphatic rings. The maximum absolute atomic E-state index is 12.6. The summed E-state index contributed by atoms with van der Waals surface area (Å²) in [4.78, 5) is 23.4. The number of alkyl halides is 3. The predicted molar refractivity (Wildman–Crippen MR) is 83.4 cm³/mol. The number of benzene rings is 1. The van der Waals surface area contributed by atoms with Crippen molar-refractivity contribution in [1.29, 1.82) is 0 Å². The second-order valence-electron chi connectivity index (χ2n) is 5.57. The summed E-state index contributed by atoms with van der Waals surface area (Å²) in [5, 5.41) is 6.07. The molecule has 2 rings (SSSR count). The van der Waals surface area contributed by atoms with Crippen molar-refractivity contribution in [2.75, 3.05) is 5.32 Å². The van der Waals surface area contributed by atoms with Gasteiger partial charge in [0.25, 0.3) is 0 Å². The summed E-state index contributed by atoms with van der Waals surface area (Å²) in [6, 6.07) is 4.08. The lowest BCUT2D eigenvalue weighted by molar-refractivity contribution is -0.137. The van der Waals surface area contributed by atoms with E-state index in [0.29, 0.717) is 0 Å². The molecular weight excluding hydrogens is 323 g/mol. The number of nitrogens with zero attached hydrogens (tertiary/aromatic N) is 1. The molecule has 1 aliphatic carbocycles. The normalized spacial score (nSPS) is 15.4. The molecule has 0 unspecified atom stereocenters. The first-order valence-corrected chi connectivity index (χ1v) is 7.70. The highest BCUT2D eigenvalue weighted by molar-refractivity contribution is 6.39. The van der Waals surface area contributed by atoms with Crippen LogP contribution in [0, 0.1) is 0 Å². The van der Waals surface area contributed by atoms with Gasteiger partial charge in [0, 0.05) is 11.4 Å². The minimum absolute atomic E-state index is 0.105. The third kappa shape index (κ3) is 5.36. The summed E-state index contributed by atoms with van der Waals surface area (Å²) < 4.78 is 37.8. The number of hydrogen-bond acceptors (Lipinski definition) is 3. The lowest BCUT2D eigenvalue weighted by atomic mass is 10.2. The molecule has 0 bridgehead atoms. The van der Waals surface area contributed by atoms with Crippen LogP contribution < -0.4 is 10.7 Å². The van der Waals surface area contributed by atoms with E-state index in [1.165, 1.54) is 6.07 Å². The fourth-order valence-corrected chi connectivity index (χ4v) is 2.39.